The minimum atomic E-state index is 0.154. The van der Waals surface area contributed by atoms with Crippen molar-refractivity contribution in [2.75, 3.05) is 13.1 Å². The van der Waals surface area contributed by atoms with Crippen molar-refractivity contribution in [3.8, 4) is 5.75 Å². The van der Waals surface area contributed by atoms with Crippen LogP contribution in [0.3, 0.4) is 0 Å². The van der Waals surface area contributed by atoms with Crippen molar-refractivity contribution in [3.05, 3.63) is 71.9 Å². The molecular formula is C28H32N2O2. The van der Waals surface area contributed by atoms with E-state index >= 15 is 0 Å². The number of likely N-dealkylation sites (tertiary alicyclic amines) is 1. The molecule has 1 aliphatic rings. The Morgan fingerprint density at radius 1 is 1.00 bits per heavy atom. The summed E-state index contributed by atoms with van der Waals surface area (Å²) in [5.41, 5.74) is 3.34. The third kappa shape index (κ3) is 4.66. The van der Waals surface area contributed by atoms with Gasteiger partial charge in [-0.3, -0.25) is 4.90 Å². The van der Waals surface area contributed by atoms with Crippen LogP contribution in [0, 0.1) is 5.92 Å². The van der Waals surface area contributed by atoms with E-state index in [1.807, 2.05) is 26.0 Å². The lowest BCUT2D eigenvalue weighted by Gasteiger charge is -2.32. The lowest BCUT2D eigenvalue weighted by molar-refractivity contribution is 0.172. The summed E-state index contributed by atoms with van der Waals surface area (Å²) in [4.78, 5) is 2.61. The number of hydrogen-bond donors (Lipinski definition) is 0. The smallest absolute Gasteiger partial charge is 0.170 e. The molecule has 4 heteroatoms. The number of aryl methyl sites for hydroxylation is 1. The summed E-state index contributed by atoms with van der Waals surface area (Å²) in [7, 11) is 0. The predicted octanol–water partition coefficient (Wildman–Crippen LogP) is 6.61. The summed E-state index contributed by atoms with van der Waals surface area (Å²) in [5.74, 6) is 1.60. The highest BCUT2D eigenvalue weighted by molar-refractivity contribution is 5.85. The Kier molecular flexibility index (Phi) is 6.13. The second-order valence-corrected chi connectivity index (χ2v) is 9.35. The van der Waals surface area contributed by atoms with Gasteiger partial charge in [-0.1, -0.05) is 47.6 Å². The van der Waals surface area contributed by atoms with Gasteiger partial charge in [0.15, 0.2) is 5.58 Å². The van der Waals surface area contributed by atoms with Gasteiger partial charge in [0.1, 0.15) is 5.75 Å². The topological polar surface area (TPSA) is 38.5 Å². The maximum atomic E-state index is 5.77. The van der Waals surface area contributed by atoms with Gasteiger partial charge in [-0.2, -0.15) is 0 Å². The standard InChI is InChI=1S/C28H32N2O2/c1-20(2)31-24-11-12-26-27(29-32-28(26)18-24)13-10-21-14-16-30(17-15-21)19-23-8-5-7-22-6-3-4-9-25(22)23/h3-9,11-12,18,20-21H,10,13-17,19H2,1-2H3. The molecule has 0 radical (unpaired) electrons. The van der Waals surface area contributed by atoms with E-state index in [9.17, 15) is 0 Å². The van der Waals surface area contributed by atoms with Crippen LogP contribution in [-0.4, -0.2) is 29.3 Å². The van der Waals surface area contributed by atoms with E-state index in [1.54, 1.807) is 0 Å². The van der Waals surface area contributed by atoms with Crippen LogP contribution in [0.2, 0.25) is 0 Å². The highest BCUT2D eigenvalue weighted by Crippen LogP contribution is 2.29. The van der Waals surface area contributed by atoms with Crippen LogP contribution in [0.15, 0.2) is 65.2 Å². The SMILES string of the molecule is CC(C)Oc1ccc2c(CCC3CCN(Cc4cccc5ccccc45)CC3)noc2c1. The Labute approximate surface area is 190 Å². The third-order valence-electron chi connectivity index (χ3n) is 6.66. The lowest BCUT2D eigenvalue weighted by Crippen LogP contribution is -2.33. The second kappa shape index (κ2) is 9.33. The number of ether oxygens (including phenoxy) is 1. The summed E-state index contributed by atoms with van der Waals surface area (Å²) in [6, 6.07) is 21.5. The van der Waals surface area contributed by atoms with Gasteiger partial charge < -0.3 is 9.26 Å². The van der Waals surface area contributed by atoms with Gasteiger partial charge in [-0.25, -0.2) is 0 Å². The number of hydrogen-bond acceptors (Lipinski definition) is 4. The van der Waals surface area contributed by atoms with Crippen molar-refractivity contribution in [1.29, 1.82) is 0 Å². The molecule has 0 saturated carbocycles. The van der Waals surface area contributed by atoms with E-state index in [1.165, 1.54) is 48.7 Å². The van der Waals surface area contributed by atoms with Crippen LogP contribution in [0.1, 0.15) is 44.4 Å². The summed E-state index contributed by atoms with van der Waals surface area (Å²) in [6.07, 6.45) is 4.82. The molecule has 0 aliphatic carbocycles. The van der Waals surface area contributed by atoms with Gasteiger partial charge in [-0.15, -0.1) is 0 Å². The highest BCUT2D eigenvalue weighted by Gasteiger charge is 2.21. The summed E-state index contributed by atoms with van der Waals surface area (Å²) >= 11 is 0. The van der Waals surface area contributed by atoms with Crippen molar-refractivity contribution in [2.24, 2.45) is 5.92 Å². The first-order valence-electron chi connectivity index (χ1n) is 11.9. The number of fused-ring (bicyclic) bond motifs is 2. The van der Waals surface area contributed by atoms with Crippen LogP contribution in [0.25, 0.3) is 21.7 Å². The average Bonchev–Trinajstić information content (AvgIpc) is 3.21. The minimum Gasteiger partial charge on any atom is -0.491 e. The molecule has 4 nitrogen and oxygen atoms in total. The van der Waals surface area contributed by atoms with Crippen LogP contribution >= 0.6 is 0 Å². The van der Waals surface area contributed by atoms with E-state index in [-0.39, 0.29) is 6.10 Å². The van der Waals surface area contributed by atoms with Crippen molar-refractivity contribution in [3.63, 3.8) is 0 Å². The molecule has 0 spiro atoms. The van der Waals surface area contributed by atoms with E-state index < -0.39 is 0 Å². The molecule has 3 aromatic carbocycles. The number of benzene rings is 3. The van der Waals surface area contributed by atoms with E-state index in [0.29, 0.717) is 0 Å². The van der Waals surface area contributed by atoms with Crippen LogP contribution in [-0.2, 0) is 13.0 Å². The number of aromatic nitrogens is 1. The largest absolute Gasteiger partial charge is 0.491 e. The molecule has 5 rings (SSSR count). The normalized spacial score (nSPS) is 15.7. The molecule has 166 valence electrons. The first kappa shape index (κ1) is 21.0. The third-order valence-corrected chi connectivity index (χ3v) is 6.66. The zero-order chi connectivity index (χ0) is 21.9. The van der Waals surface area contributed by atoms with Gasteiger partial charge in [0.2, 0.25) is 0 Å². The van der Waals surface area contributed by atoms with Crippen LogP contribution in [0.5, 0.6) is 5.75 Å². The van der Waals surface area contributed by atoms with E-state index in [0.717, 1.165) is 41.3 Å². The van der Waals surface area contributed by atoms with Crippen molar-refractivity contribution < 1.29 is 9.26 Å². The molecule has 0 amide bonds. The molecule has 1 aromatic heterocycles. The Morgan fingerprint density at radius 3 is 2.66 bits per heavy atom. The highest BCUT2D eigenvalue weighted by atomic mass is 16.5. The Morgan fingerprint density at radius 2 is 1.81 bits per heavy atom. The zero-order valence-corrected chi connectivity index (χ0v) is 19.1. The fraction of sp³-hybridized carbons (Fsp3) is 0.393. The molecule has 1 fully saturated rings. The van der Waals surface area contributed by atoms with Gasteiger partial charge in [-0.05, 0) is 87.0 Å². The molecular weight excluding hydrogens is 396 g/mol. The molecule has 0 unspecified atom stereocenters. The molecule has 1 saturated heterocycles. The zero-order valence-electron chi connectivity index (χ0n) is 19.1. The molecule has 0 N–H and O–H groups in total. The maximum Gasteiger partial charge on any atom is 0.170 e. The molecule has 4 aromatic rings. The molecule has 0 bridgehead atoms. The van der Waals surface area contributed by atoms with E-state index in [4.69, 9.17) is 9.26 Å². The second-order valence-electron chi connectivity index (χ2n) is 9.35. The van der Waals surface area contributed by atoms with Crippen LogP contribution in [0.4, 0.5) is 0 Å². The fourth-order valence-corrected chi connectivity index (χ4v) is 4.94. The van der Waals surface area contributed by atoms with Gasteiger partial charge >= 0.3 is 0 Å². The fourth-order valence-electron chi connectivity index (χ4n) is 4.94. The van der Waals surface area contributed by atoms with E-state index in [2.05, 4.69) is 58.6 Å². The molecule has 2 heterocycles. The predicted molar refractivity (Wildman–Crippen MR) is 130 cm³/mol. The van der Waals surface area contributed by atoms with Crippen molar-refractivity contribution in [2.45, 2.75) is 52.2 Å². The van der Waals surface area contributed by atoms with Crippen molar-refractivity contribution in [1.82, 2.24) is 10.1 Å². The first-order chi connectivity index (χ1) is 15.7. The molecule has 32 heavy (non-hydrogen) atoms. The number of piperidine rings is 1. The average molecular weight is 429 g/mol. The molecule has 0 atom stereocenters. The number of rotatable bonds is 7. The van der Waals surface area contributed by atoms with Gasteiger partial charge in [0.05, 0.1) is 11.8 Å². The monoisotopic (exact) mass is 428 g/mol. The Bertz CT molecular complexity index is 1180. The van der Waals surface area contributed by atoms with Gasteiger partial charge in [0.25, 0.3) is 0 Å². The minimum absolute atomic E-state index is 0.154. The van der Waals surface area contributed by atoms with Crippen LogP contribution < -0.4 is 4.74 Å². The quantitative estimate of drug-likeness (QED) is 0.332. The Hall–Kier alpha value is -2.85. The van der Waals surface area contributed by atoms with Crippen molar-refractivity contribution >= 4 is 21.7 Å². The Balaban J connectivity index is 1.15. The summed E-state index contributed by atoms with van der Waals surface area (Å²) in [5, 5.41) is 8.20. The summed E-state index contributed by atoms with van der Waals surface area (Å²) < 4.78 is 11.4. The molecule has 1 aliphatic heterocycles. The maximum absolute atomic E-state index is 5.77. The summed E-state index contributed by atoms with van der Waals surface area (Å²) in [6.45, 7) is 7.45. The first-order valence-corrected chi connectivity index (χ1v) is 11.9. The van der Waals surface area contributed by atoms with Gasteiger partial charge in [0, 0.05) is 18.0 Å². The number of nitrogens with zero attached hydrogens (tertiary/aromatic N) is 2. The lowest BCUT2D eigenvalue weighted by atomic mass is 9.91.